The molecule has 0 spiro atoms. The zero-order chi connectivity index (χ0) is 18.2. The number of fused-ring (bicyclic) bond motifs is 1. The lowest BCUT2D eigenvalue weighted by Gasteiger charge is -2.21. The predicted octanol–water partition coefficient (Wildman–Crippen LogP) is 5.89. The molecule has 7 heteroatoms. The molecule has 1 aromatic heterocycles. The molecule has 1 aliphatic heterocycles. The normalized spacial score (nSPS) is 16.1. The summed E-state index contributed by atoms with van der Waals surface area (Å²) in [5.74, 6) is 2.04. The van der Waals surface area contributed by atoms with Crippen molar-refractivity contribution < 1.29 is 9.47 Å². The number of thioether (sulfide) groups is 1. The second-order valence-corrected chi connectivity index (χ2v) is 8.30. The second-order valence-electron chi connectivity index (χ2n) is 6.90. The average Bonchev–Trinajstić information content (AvgIpc) is 2.68. The van der Waals surface area contributed by atoms with Gasteiger partial charge in [-0.1, -0.05) is 19.3 Å². The molecule has 0 radical (unpaired) electrons. The predicted molar refractivity (Wildman–Crippen MR) is 126 cm³/mol. The van der Waals surface area contributed by atoms with Gasteiger partial charge in [-0.05, 0) is 37.5 Å². The summed E-state index contributed by atoms with van der Waals surface area (Å²) in [5, 5.41) is 5.44. The lowest BCUT2D eigenvalue weighted by atomic mass is 10.1. The Morgan fingerprint density at radius 1 is 1.21 bits per heavy atom. The molecule has 158 valence electrons. The Morgan fingerprint density at radius 2 is 2.04 bits per heavy atom. The first-order valence-electron chi connectivity index (χ1n) is 9.64. The van der Waals surface area contributed by atoms with E-state index in [9.17, 15) is 0 Å². The van der Waals surface area contributed by atoms with Crippen molar-refractivity contribution in [3.8, 4) is 5.75 Å². The standard InChI is InChI=1S/C21H30N2O2S.2ClH/c1-16-8-10-23-21-19(16)13-17(24-2)14-20(21)22-9-6-4-3-5-7-18-15-25-11-12-26-18;;/h8,10,13-14,18,22H,3-7,9,11-12,15H2,1-2H3;2*1H. The number of aromatic nitrogens is 1. The van der Waals surface area contributed by atoms with Gasteiger partial charge >= 0.3 is 0 Å². The number of nitrogens with zero attached hydrogens (tertiary/aromatic N) is 1. The van der Waals surface area contributed by atoms with Crippen LogP contribution in [0.15, 0.2) is 24.4 Å². The van der Waals surface area contributed by atoms with Crippen molar-refractivity contribution in [2.45, 2.75) is 44.3 Å². The number of hydrogen-bond donors (Lipinski definition) is 1. The highest BCUT2D eigenvalue weighted by molar-refractivity contribution is 8.00. The molecule has 4 nitrogen and oxygen atoms in total. The van der Waals surface area contributed by atoms with Gasteiger partial charge in [0.2, 0.25) is 0 Å². The van der Waals surface area contributed by atoms with Crippen molar-refractivity contribution >= 4 is 53.2 Å². The van der Waals surface area contributed by atoms with Crippen LogP contribution in [0.4, 0.5) is 5.69 Å². The maximum Gasteiger partial charge on any atom is 0.121 e. The molecule has 0 amide bonds. The Hall–Kier alpha value is -0.880. The van der Waals surface area contributed by atoms with E-state index < -0.39 is 0 Å². The molecule has 3 rings (SSSR count). The number of halogens is 2. The van der Waals surface area contributed by atoms with Gasteiger partial charge in [-0.3, -0.25) is 4.98 Å². The van der Waals surface area contributed by atoms with E-state index in [0.717, 1.165) is 53.1 Å². The molecule has 2 heterocycles. The minimum Gasteiger partial charge on any atom is -0.497 e. The van der Waals surface area contributed by atoms with E-state index in [-0.39, 0.29) is 24.8 Å². The quantitative estimate of drug-likeness (QED) is 0.486. The molecular weight excluding hydrogens is 415 g/mol. The average molecular weight is 447 g/mol. The molecule has 1 aliphatic rings. The van der Waals surface area contributed by atoms with Crippen LogP contribution in [-0.2, 0) is 4.74 Å². The number of nitrogens with one attached hydrogen (secondary N) is 1. The summed E-state index contributed by atoms with van der Waals surface area (Å²) >= 11 is 2.08. The Kier molecular flexibility index (Phi) is 12.0. The van der Waals surface area contributed by atoms with Gasteiger partial charge in [0.1, 0.15) is 5.75 Å². The van der Waals surface area contributed by atoms with Crippen molar-refractivity contribution in [2.75, 3.05) is 37.9 Å². The first kappa shape index (κ1) is 25.2. The summed E-state index contributed by atoms with van der Waals surface area (Å²) in [6, 6.07) is 6.16. The molecular formula is C21H32Cl2N2O2S. The van der Waals surface area contributed by atoms with E-state index in [1.54, 1.807) is 7.11 Å². The third-order valence-corrected chi connectivity index (χ3v) is 6.17. The summed E-state index contributed by atoms with van der Waals surface area (Å²) < 4.78 is 11.0. The molecule has 1 atom stereocenters. The number of pyridine rings is 1. The zero-order valence-electron chi connectivity index (χ0n) is 16.7. The molecule has 1 unspecified atom stereocenters. The summed E-state index contributed by atoms with van der Waals surface area (Å²) in [5.41, 5.74) is 3.32. The van der Waals surface area contributed by atoms with Gasteiger partial charge < -0.3 is 14.8 Å². The van der Waals surface area contributed by atoms with Crippen LogP contribution in [0, 0.1) is 6.92 Å². The maximum atomic E-state index is 5.54. The molecule has 28 heavy (non-hydrogen) atoms. The van der Waals surface area contributed by atoms with Crippen molar-refractivity contribution in [1.82, 2.24) is 4.98 Å². The minimum absolute atomic E-state index is 0. The Bertz CT molecular complexity index is 712. The number of rotatable bonds is 9. The van der Waals surface area contributed by atoms with E-state index in [1.807, 2.05) is 12.3 Å². The Balaban J connectivity index is 0.00000196. The highest BCUT2D eigenvalue weighted by Crippen LogP contribution is 2.29. The highest BCUT2D eigenvalue weighted by atomic mass is 35.5. The fourth-order valence-electron chi connectivity index (χ4n) is 3.39. The van der Waals surface area contributed by atoms with Gasteiger partial charge in [0.25, 0.3) is 0 Å². The summed E-state index contributed by atoms with van der Waals surface area (Å²) in [7, 11) is 1.71. The number of aryl methyl sites for hydroxylation is 1. The third-order valence-electron chi connectivity index (χ3n) is 4.93. The van der Waals surface area contributed by atoms with Crippen molar-refractivity contribution in [2.24, 2.45) is 0 Å². The molecule has 1 saturated heterocycles. The lowest BCUT2D eigenvalue weighted by Crippen LogP contribution is -2.20. The fourth-order valence-corrected chi connectivity index (χ4v) is 4.46. The van der Waals surface area contributed by atoms with Gasteiger partial charge in [0, 0.05) is 35.2 Å². The summed E-state index contributed by atoms with van der Waals surface area (Å²) in [4.78, 5) is 4.57. The SMILES string of the molecule is COc1cc(NCCCCCCC2COCCS2)c2nccc(C)c2c1.Cl.Cl. The molecule has 1 fully saturated rings. The van der Waals surface area contributed by atoms with Crippen molar-refractivity contribution in [3.63, 3.8) is 0 Å². The van der Waals surface area contributed by atoms with Crippen LogP contribution in [0.5, 0.6) is 5.75 Å². The second kappa shape index (κ2) is 13.4. The van der Waals surface area contributed by atoms with Crippen LogP contribution < -0.4 is 10.1 Å². The monoisotopic (exact) mass is 446 g/mol. The molecule has 2 aromatic rings. The first-order valence-corrected chi connectivity index (χ1v) is 10.7. The zero-order valence-corrected chi connectivity index (χ0v) is 19.2. The van der Waals surface area contributed by atoms with Gasteiger partial charge in [0.15, 0.2) is 0 Å². The van der Waals surface area contributed by atoms with Gasteiger partial charge in [-0.2, -0.15) is 11.8 Å². The van der Waals surface area contributed by atoms with Crippen LogP contribution in [0.1, 0.15) is 37.7 Å². The van der Waals surface area contributed by atoms with E-state index in [0.29, 0.717) is 0 Å². The highest BCUT2D eigenvalue weighted by Gasteiger charge is 2.13. The van der Waals surface area contributed by atoms with E-state index in [2.05, 4.69) is 41.1 Å². The number of anilines is 1. The summed E-state index contributed by atoms with van der Waals surface area (Å²) in [6.45, 7) is 4.96. The van der Waals surface area contributed by atoms with E-state index in [4.69, 9.17) is 9.47 Å². The Labute approximate surface area is 185 Å². The van der Waals surface area contributed by atoms with Crippen LogP contribution in [-0.4, -0.2) is 42.9 Å². The van der Waals surface area contributed by atoms with Crippen LogP contribution in [0.2, 0.25) is 0 Å². The Morgan fingerprint density at radius 3 is 2.79 bits per heavy atom. The fraction of sp³-hybridized carbons (Fsp3) is 0.571. The number of hydrogen-bond acceptors (Lipinski definition) is 5. The van der Waals surface area contributed by atoms with Crippen molar-refractivity contribution in [3.05, 3.63) is 30.0 Å². The topological polar surface area (TPSA) is 43.4 Å². The molecule has 0 saturated carbocycles. The lowest BCUT2D eigenvalue weighted by molar-refractivity contribution is 0.141. The maximum absolute atomic E-state index is 5.54. The first-order chi connectivity index (χ1) is 12.8. The van der Waals surface area contributed by atoms with Crippen LogP contribution in [0.25, 0.3) is 10.9 Å². The van der Waals surface area contributed by atoms with Gasteiger partial charge in [-0.25, -0.2) is 0 Å². The van der Waals surface area contributed by atoms with Crippen LogP contribution in [0.3, 0.4) is 0 Å². The van der Waals surface area contributed by atoms with Crippen molar-refractivity contribution in [1.29, 1.82) is 0 Å². The number of methoxy groups -OCH3 is 1. The van der Waals surface area contributed by atoms with Gasteiger partial charge in [-0.15, -0.1) is 24.8 Å². The molecule has 1 aromatic carbocycles. The number of unbranched alkanes of at least 4 members (excludes halogenated alkanes) is 3. The van der Waals surface area contributed by atoms with E-state index >= 15 is 0 Å². The number of benzene rings is 1. The summed E-state index contributed by atoms with van der Waals surface area (Å²) in [6.07, 6.45) is 8.22. The van der Waals surface area contributed by atoms with Crippen LogP contribution >= 0.6 is 36.6 Å². The third kappa shape index (κ3) is 7.18. The van der Waals surface area contributed by atoms with Gasteiger partial charge in [0.05, 0.1) is 31.5 Å². The molecule has 0 aliphatic carbocycles. The minimum atomic E-state index is 0. The number of ether oxygens (including phenoxy) is 2. The van der Waals surface area contributed by atoms with E-state index in [1.165, 1.54) is 37.7 Å². The molecule has 1 N–H and O–H groups in total. The molecule has 0 bridgehead atoms. The smallest absolute Gasteiger partial charge is 0.121 e. The largest absolute Gasteiger partial charge is 0.497 e.